The second kappa shape index (κ2) is 14.1. The molecule has 1 aromatic carbocycles. The van der Waals surface area contributed by atoms with E-state index >= 15 is 0 Å². The Kier molecular flexibility index (Phi) is 10.7. The number of aliphatic hydroxyl groups excluding tert-OH is 1. The summed E-state index contributed by atoms with van der Waals surface area (Å²) in [6, 6.07) is 7.68. The van der Waals surface area contributed by atoms with Gasteiger partial charge in [0, 0.05) is 39.2 Å². The average molecular weight is 610 g/mol. The van der Waals surface area contributed by atoms with E-state index in [1.807, 2.05) is 51.1 Å². The van der Waals surface area contributed by atoms with E-state index < -0.39 is 47.7 Å². The number of hydrogen-bond acceptors (Lipinski definition) is 7. The van der Waals surface area contributed by atoms with Gasteiger partial charge in [0.15, 0.2) is 0 Å². The van der Waals surface area contributed by atoms with E-state index in [1.54, 1.807) is 29.0 Å². The molecule has 3 fully saturated rings. The van der Waals surface area contributed by atoms with E-state index in [4.69, 9.17) is 9.47 Å². The van der Waals surface area contributed by atoms with E-state index in [0.717, 1.165) is 5.56 Å². The maximum Gasteiger partial charge on any atom is 0.313 e. The lowest BCUT2D eigenvalue weighted by Gasteiger charge is -2.38. The van der Waals surface area contributed by atoms with Crippen molar-refractivity contribution in [3.8, 4) is 0 Å². The Hall–Kier alpha value is -3.50. The van der Waals surface area contributed by atoms with Crippen molar-refractivity contribution in [3.05, 3.63) is 61.2 Å². The Labute approximate surface area is 260 Å². The van der Waals surface area contributed by atoms with Crippen LogP contribution in [-0.4, -0.2) is 100 Å². The van der Waals surface area contributed by atoms with Crippen molar-refractivity contribution in [1.29, 1.82) is 0 Å². The Morgan fingerprint density at radius 3 is 2.50 bits per heavy atom. The number of aliphatic hydroxyl groups is 1. The summed E-state index contributed by atoms with van der Waals surface area (Å²) in [7, 11) is 1.69. The van der Waals surface area contributed by atoms with Gasteiger partial charge in [-0.25, -0.2) is 0 Å². The van der Waals surface area contributed by atoms with E-state index in [-0.39, 0.29) is 43.3 Å². The first-order valence-electron chi connectivity index (χ1n) is 15.7. The van der Waals surface area contributed by atoms with E-state index in [2.05, 4.69) is 13.2 Å². The van der Waals surface area contributed by atoms with Gasteiger partial charge in [-0.1, -0.05) is 42.5 Å². The lowest BCUT2D eigenvalue weighted by atomic mass is 9.70. The fourth-order valence-electron chi connectivity index (χ4n) is 7.16. The summed E-state index contributed by atoms with van der Waals surface area (Å²) in [6.45, 7) is 13.5. The van der Waals surface area contributed by atoms with Crippen LogP contribution >= 0.6 is 0 Å². The van der Waals surface area contributed by atoms with Gasteiger partial charge in [0.25, 0.3) is 0 Å². The van der Waals surface area contributed by atoms with E-state index in [0.29, 0.717) is 32.2 Å². The highest BCUT2D eigenvalue weighted by Crippen LogP contribution is 2.59. The minimum atomic E-state index is -1.17. The van der Waals surface area contributed by atoms with Crippen molar-refractivity contribution in [2.24, 2.45) is 11.8 Å². The van der Waals surface area contributed by atoms with Gasteiger partial charge < -0.3 is 29.3 Å². The molecule has 240 valence electrons. The first kappa shape index (κ1) is 33.4. The highest BCUT2D eigenvalue weighted by atomic mass is 16.6. The average Bonchev–Trinajstić information content (AvgIpc) is 3.66. The van der Waals surface area contributed by atoms with Crippen LogP contribution in [0.1, 0.15) is 64.5 Å². The Morgan fingerprint density at radius 1 is 1.18 bits per heavy atom. The molecule has 44 heavy (non-hydrogen) atoms. The zero-order valence-corrected chi connectivity index (χ0v) is 26.4. The summed E-state index contributed by atoms with van der Waals surface area (Å²) in [5.41, 5.74) is -0.444. The molecular weight excluding hydrogens is 562 g/mol. The molecule has 1 aromatic rings. The van der Waals surface area contributed by atoms with Crippen LogP contribution in [0.3, 0.4) is 0 Å². The Balaban J connectivity index is 1.67. The maximum atomic E-state index is 14.2. The molecule has 3 aliphatic rings. The lowest BCUT2D eigenvalue weighted by molar-refractivity contribution is -0.164. The van der Waals surface area contributed by atoms with Crippen LogP contribution in [0.5, 0.6) is 0 Å². The molecular formula is C34H47N3O7. The van der Waals surface area contributed by atoms with Crippen LogP contribution in [0.4, 0.5) is 0 Å². The molecule has 1 N–H and O–H groups in total. The van der Waals surface area contributed by atoms with E-state index in [1.165, 1.54) is 4.90 Å². The Morgan fingerprint density at radius 2 is 1.89 bits per heavy atom. The number of esters is 1. The highest BCUT2D eigenvalue weighted by molar-refractivity contribution is 5.98. The largest absolute Gasteiger partial charge is 0.455 e. The number of fused-ring (bicyclic) bond motifs is 1. The third kappa shape index (κ3) is 6.06. The molecule has 3 saturated heterocycles. The molecule has 1 spiro atoms. The number of hydrogen-bond donors (Lipinski definition) is 1. The minimum Gasteiger partial charge on any atom is -0.455 e. The summed E-state index contributed by atoms with van der Waals surface area (Å²) in [5, 5.41) is 9.60. The van der Waals surface area contributed by atoms with Crippen molar-refractivity contribution in [1.82, 2.24) is 14.7 Å². The van der Waals surface area contributed by atoms with Crippen LogP contribution in [0, 0.1) is 11.8 Å². The molecule has 7 atom stereocenters. The third-order valence-electron chi connectivity index (χ3n) is 9.47. The van der Waals surface area contributed by atoms with Gasteiger partial charge in [-0.05, 0) is 52.0 Å². The SMILES string of the molecule is C=CCCC(=O)N(C)[C@@H](C)[C@@H](OC(=O)[C@@H]1[C@H]2C(=O)N(CCCO)[C@H](C(=O)N(CC=C)C(C)C)[C@]23CC[C@H]1O3)c1ccccc1. The molecule has 3 aliphatic heterocycles. The standard InChI is InChI=1S/C34H47N3O7/c1-7-9-16-26(39)35(6)23(5)29(24-14-11-10-12-15-24)43-33(42)27-25-17-18-34(44-25)28(27)31(40)37(20-13-21-38)30(34)32(41)36(19-8-2)22(3)4/h7-8,10-12,14-15,22-23,25,27-30,38H,1-2,9,13,16-21H2,3-6H3/t23-,25+,27-,28-,29+,30+,34-/m0/s1. The maximum absolute atomic E-state index is 14.2. The monoisotopic (exact) mass is 609 g/mol. The first-order chi connectivity index (χ1) is 21.0. The predicted molar refractivity (Wildman–Crippen MR) is 165 cm³/mol. The second-order valence-electron chi connectivity index (χ2n) is 12.4. The third-order valence-corrected chi connectivity index (χ3v) is 9.47. The summed E-state index contributed by atoms with van der Waals surface area (Å²) >= 11 is 0. The summed E-state index contributed by atoms with van der Waals surface area (Å²) in [4.78, 5) is 60.1. The summed E-state index contributed by atoms with van der Waals surface area (Å²) in [5.74, 6) is -3.05. The smallest absolute Gasteiger partial charge is 0.313 e. The molecule has 0 unspecified atom stereocenters. The fourth-order valence-corrected chi connectivity index (χ4v) is 7.16. The van der Waals surface area contributed by atoms with Gasteiger partial charge in [0.05, 0.1) is 24.0 Å². The van der Waals surface area contributed by atoms with Crippen molar-refractivity contribution in [2.75, 3.05) is 26.7 Å². The molecule has 0 aromatic heterocycles. The normalized spacial score (nSPS) is 26.7. The van der Waals surface area contributed by atoms with Gasteiger partial charge >= 0.3 is 5.97 Å². The van der Waals surface area contributed by atoms with Crippen LogP contribution < -0.4 is 0 Å². The van der Waals surface area contributed by atoms with Gasteiger partial charge in [0.1, 0.15) is 17.7 Å². The van der Waals surface area contributed by atoms with Gasteiger partial charge in [-0.3, -0.25) is 19.2 Å². The highest BCUT2D eigenvalue weighted by Gasteiger charge is 2.75. The second-order valence-corrected chi connectivity index (χ2v) is 12.4. The zero-order valence-electron chi connectivity index (χ0n) is 26.4. The lowest BCUT2D eigenvalue weighted by Crippen LogP contribution is -2.57. The quantitative estimate of drug-likeness (QED) is 0.240. The fraction of sp³-hybridized carbons (Fsp3) is 0.588. The number of amides is 3. The molecule has 10 nitrogen and oxygen atoms in total. The summed E-state index contributed by atoms with van der Waals surface area (Å²) in [6.07, 6.45) is 4.06. The van der Waals surface area contributed by atoms with Crippen LogP contribution in [-0.2, 0) is 28.7 Å². The van der Waals surface area contributed by atoms with Crippen molar-refractivity contribution < 1.29 is 33.8 Å². The van der Waals surface area contributed by atoms with E-state index in [9.17, 15) is 24.3 Å². The number of allylic oxidation sites excluding steroid dienone is 1. The molecule has 3 heterocycles. The van der Waals surface area contributed by atoms with Crippen LogP contribution in [0.25, 0.3) is 0 Å². The van der Waals surface area contributed by atoms with Crippen LogP contribution in [0.15, 0.2) is 55.6 Å². The number of rotatable bonds is 15. The summed E-state index contributed by atoms with van der Waals surface area (Å²) < 4.78 is 12.8. The molecule has 3 amide bonds. The molecule has 4 rings (SSSR count). The minimum absolute atomic E-state index is 0.0994. The van der Waals surface area contributed by atoms with Crippen molar-refractivity contribution in [3.63, 3.8) is 0 Å². The molecule has 2 bridgehead atoms. The molecule has 0 radical (unpaired) electrons. The first-order valence-corrected chi connectivity index (χ1v) is 15.7. The number of likely N-dealkylation sites (N-methyl/N-ethyl adjacent to an activating group) is 1. The zero-order chi connectivity index (χ0) is 32.2. The number of ether oxygens (including phenoxy) is 2. The number of carbonyl (C=O) groups excluding carboxylic acids is 4. The number of benzene rings is 1. The van der Waals surface area contributed by atoms with Crippen molar-refractivity contribution >= 4 is 23.7 Å². The topological polar surface area (TPSA) is 117 Å². The van der Waals surface area contributed by atoms with Gasteiger partial charge in [-0.15, -0.1) is 13.2 Å². The molecule has 10 heteroatoms. The van der Waals surface area contributed by atoms with Crippen molar-refractivity contribution in [2.45, 2.75) is 88.8 Å². The van der Waals surface area contributed by atoms with Crippen LogP contribution in [0.2, 0.25) is 0 Å². The molecule has 0 aliphatic carbocycles. The van der Waals surface area contributed by atoms with Gasteiger partial charge in [-0.2, -0.15) is 0 Å². The Bertz CT molecular complexity index is 1240. The number of likely N-dealkylation sites (tertiary alicyclic amines) is 1. The predicted octanol–water partition coefficient (Wildman–Crippen LogP) is 3.26. The number of carbonyl (C=O) groups is 4. The van der Waals surface area contributed by atoms with Gasteiger partial charge in [0.2, 0.25) is 17.7 Å². The number of nitrogens with zero attached hydrogens (tertiary/aromatic N) is 3. The molecule has 0 saturated carbocycles.